The highest BCUT2D eigenvalue weighted by atomic mass is 32.2. The van der Waals surface area contributed by atoms with Gasteiger partial charge in [0.2, 0.25) is 0 Å². The highest BCUT2D eigenvalue weighted by molar-refractivity contribution is 8.13. The first kappa shape index (κ1) is 19.1. The molecule has 1 N–H and O–H groups in total. The molecule has 0 aromatic rings. The van der Waals surface area contributed by atoms with Gasteiger partial charge in [-0.1, -0.05) is 65.1 Å². The van der Waals surface area contributed by atoms with E-state index in [1.54, 1.807) is 0 Å². The van der Waals surface area contributed by atoms with Gasteiger partial charge in [0, 0.05) is 6.04 Å². The highest BCUT2D eigenvalue weighted by Gasteiger charge is 2.36. The number of aliphatic imine (C=N–C) groups is 1. The molecule has 134 valence electrons. The van der Waals surface area contributed by atoms with Crippen molar-refractivity contribution in [1.29, 1.82) is 0 Å². The molecule has 2 aliphatic rings. The van der Waals surface area contributed by atoms with Crippen LogP contribution in [0.5, 0.6) is 0 Å². The molecule has 3 heteroatoms. The second-order valence-corrected chi connectivity index (χ2v) is 9.15. The van der Waals surface area contributed by atoms with Gasteiger partial charge in [-0.05, 0) is 55.6 Å². The molecule has 2 unspecified atom stereocenters. The topological polar surface area (TPSA) is 24.4 Å². The summed E-state index contributed by atoms with van der Waals surface area (Å²) >= 11 is 1.82. The third kappa shape index (κ3) is 5.41. The fourth-order valence-corrected chi connectivity index (χ4v) is 5.11. The molecule has 0 spiro atoms. The van der Waals surface area contributed by atoms with Crippen molar-refractivity contribution in [3.05, 3.63) is 0 Å². The number of rotatable bonds is 4. The fourth-order valence-electron chi connectivity index (χ4n) is 4.60. The summed E-state index contributed by atoms with van der Waals surface area (Å²) in [5, 5.41) is 4.99. The van der Waals surface area contributed by atoms with Crippen LogP contribution >= 0.6 is 11.8 Å². The Morgan fingerprint density at radius 2 is 1.43 bits per heavy atom. The molecule has 2 atom stereocenters. The monoisotopic (exact) mass is 338 g/mol. The van der Waals surface area contributed by atoms with Crippen LogP contribution in [-0.4, -0.2) is 23.5 Å². The summed E-state index contributed by atoms with van der Waals surface area (Å²) in [4.78, 5) is 5.32. The summed E-state index contributed by atoms with van der Waals surface area (Å²) in [5.74, 6) is 2.99. The van der Waals surface area contributed by atoms with Gasteiger partial charge in [0.15, 0.2) is 5.17 Å². The lowest BCUT2D eigenvalue weighted by Crippen LogP contribution is -2.41. The predicted octanol–water partition coefficient (Wildman–Crippen LogP) is 5.72. The molecule has 2 rings (SSSR count). The maximum atomic E-state index is 5.32. The van der Waals surface area contributed by atoms with Crippen LogP contribution in [-0.2, 0) is 0 Å². The van der Waals surface area contributed by atoms with Gasteiger partial charge in [0.05, 0.1) is 6.04 Å². The Hall–Kier alpha value is -0.180. The van der Waals surface area contributed by atoms with E-state index in [1.165, 1.54) is 56.5 Å². The van der Waals surface area contributed by atoms with E-state index in [2.05, 4.69) is 39.3 Å². The SMILES string of the molecule is CSC(=NC1C(C(C)C)CCCC1C(C)C)NC1CCCCC1. The van der Waals surface area contributed by atoms with Crippen LogP contribution < -0.4 is 5.32 Å². The van der Waals surface area contributed by atoms with Crippen molar-refractivity contribution in [2.75, 3.05) is 6.26 Å². The fraction of sp³-hybridized carbons (Fsp3) is 0.950. The zero-order chi connectivity index (χ0) is 16.8. The van der Waals surface area contributed by atoms with Crippen LogP contribution in [0.3, 0.4) is 0 Å². The average molecular weight is 339 g/mol. The summed E-state index contributed by atoms with van der Waals surface area (Å²) in [6.07, 6.45) is 13.1. The van der Waals surface area contributed by atoms with Crippen LogP contribution in [0.25, 0.3) is 0 Å². The first-order valence-electron chi connectivity index (χ1n) is 9.91. The van der Waals surface area contributed by atoms with Crippen LogP contribution in [0.1, 0.15) is 79.1 Å². The smallest absolute Gasteiger partial charge is 0.156 e. The second kappa shape index (κ2) is 9.34. The average Bonchev–Trinajstić information content (AvgIpc) is 2.54. The van der Waals surface area contributed by atoms with Crippen molar-refractivity contribution in [1.82, 2.24) is 5.32 Å². The van der Waals surface area contributed by atoms with Crippen LogP contribution in [0.4, 0.5) is 0 Å². The lowest BCUT2D eigenvalue weighted by molar-refractivity contribution is 0.142. The summed E-state index contributed by atoms with van der Waals surface area (Å²) in [6.45, 7) is 9.57. The van der Waals surface area contributed by atoms with E-state index in [0.29, 0.717) is 12.1 Å². The molecule has 23 heavy (non-hydrogen) atoms. The highest BCUT2D eigenvalue weighted by Crippen LogP contribution is 2.40. The van der Waals surface area contributed by atoms with E-state index in [9.17, 15) is 0 Å². The van der Waals surface area contributed by atoms with Gasteiger partial charge >= 0.3 is 0 Å². The molecule has 0 radical (unpaired) electrons. The van der Waals surface area contributed by atoms with Crippen LogP contribution in [0, 0.1) is 23.7 Å². The van der Waals surface area contributed by atoms with Crippen molar-refractivity contribution < 1.29 is 0 Å². The van der Waals surface area contributed by atoms with Gasteiger partial charge in [0.1, 0.15) is 0 Å². The number of hydrogen-bond acceptors (Lipinski definition) is 2. The minimum absolute atomic E-state index is 0.516. The van der Waals surface area contributed by atoms with E-state index < -0.39 is 0 Å². The van der Waals surface area contributed by atoms with Crippen LogP contribution in [0.15, 0.2) is 4.99 Å². The number of thioether (sulfide) groups is 1. The Kier molecular flexibility index (Phi) is 7.78. The Morgan fingerprint density at radius 3 is 1.91 bits per heavy atom. The standard InChI is InChI=1S/C20H38N2S/c1-14(2)17-12-9-13-18(15(3)4)19(17)22-20(23-5)21-16-10-7-6-8-11-16/h14-19H,6-13H2,1-5H3,(H,21,22). The number of nitrogens with one attached hydrogen (secondary N) is 1. The lowest BCUT2D eigenvalue weighted by Gasteiger charge is -2.40. The van der Waals surface area contributed by atoms with Crippen molar-refractivity contribution in [2.24, 2.45) is 28.7 Å². The third-order valence-corrected chi connectivity index (χ3v) is 6.67. The Labute approximate surface area is 148 Å². The molecule has 0 aliphatic heterocycles. The molecule has 0 aromatic heterocycles. The Morgan fingerprint density at radius 1 is 0.870 bits per heavy atom. The molecule has 0 saturated heterocycles. The summed E-state index contributed by atoms with van der Waals surface area (Å²) in [7, 11) is 0. The molecule has 2 saturated carbocycles. The molecule has 0 heterocycles. The van der Waals surface area contributed by atoms with E-state index >= 15 is 0 Å². The van der Waals surface area contributed by atoms with E-state index in [-0.39, 0.29) is 0 Å². The minimum Gasteiger partial charge on any atom is -0.362 e. The molecule has 2 fully saturated rings. The largest absolute Gasteiger partial charge is 0.362 e. The predicted molar refractivity (Wildman–Crippen MR) is 105 cm³/mol. The van der Waals surface area contributed by atoms with E-state index in [1.807, 2.05) is 11.8 Å². The van der Waals surface area contributed by atoms with Crippen molar-refractivity contribution in [2.45, 2.75) is 91.1 Å². The Balaban J connectivity index is 2.13. The van der Waals surface area contributed by atoms with Gasteiger partial charge in [0.25, 0.3) is 0 Å². The Bertz CT molecular complexity index is 356. The van der Waals surface area contributed by atoms with Crippen molar-refractivity contribution in [3.8, 4) is 0 Å². The minimum atomic E-state index is 0.516. The van der Waals surface area contributed by atoms with Gasteiger partial charge in [-0.2, -0.15) is 0 Å². The van der Waals surface area contributed by atoms with Crippen molar-refractivity contribution >= 4 is 16.9 Å². The van der Waals surface area contributed by atoms with E-state index in [4.69, 9.17) is 4.99 Å². The van der Waals surface area contributed by atoms with Gasteiger partial charge in [-0.25, -0.2) is 0 Å². The van der Waals surface area contributed by atoms with Crippen LogP contribution in [0.2, 0.25) is 0 Å². The van der Waals surface area contributed by atoms with E-state index in [0.717, 1.165) is 23.7 Å². The zero-order valence-electron chi connectivity index (χ0n) is 16.0. The summed E-state index contributed by atoms with van der Waals surface area (Å²) in [5.41, 5.74) is 0. The quantitative estimate of drug-likeness (QED) is 0.523. The van der Waals surface area contributed by atoms with Gasteiger partial charge in [-0.3, -0.25) is 4.99 Å². The molecule has 0 aromatic carbocycles. The van der Waals surface area contributed by atoms with Crippen molar-refractivity contribution in [3.63, 3.8) is 0 Å². The molecule has 0 amide bonds. The number of nitrogens with zero attached hydrogens (tertiary/aromatic N) is 1. The lowest BCUT2D eigenvalue weighted by atomic mass is 9.69. The summed E-state index contributed by atoms with van der Waals surface area (Å²) in [6, 6.07) is 1.18. The molecule has 0 bridgehead atoms. The number of hydrogen-bond donors (Lipinski definition) is 1. The maximum absolute atomic E-state index is 5.32. The molecular formula is C20H38N2S. The van der Waals surface area contributed by atoms with Gasteiger partial charge in [-0.15, -0.1) is 0 Å². The molecular weight excluding hydrogens is 300 g/mol. The normalized spacial score (nSPS) is 30.9. The number of amidine groups is 1. The zero-order valence-corrected chi connectivity index (χ0v) is 16.8. The maximum Gasteiger partial charge on any atom is 0.156 e. The van der Waals surface area contributed by atoms with Gasteiger partial charge < -0.3 is 5.32 Å². The summed E-state index contributed by atoms with van der Waals surface area (Å²) < 4.78 is 0. The first-order valence-corrected chi connectivity index (χ1v) is 11.1. The first-order chi connectivity index (χ1) is 11.0. The molecule has 2 aliphatic carbocycles. The second-order valence-electron chi connectivity index (χ2n) is 8.35. The molecule has 2 nitrogen and oxygen atoms in total. The third-order valence-electron chi connectivity index (χ3n) is 6.06.